The fourth-order valence-corrected chi connectivity index (χ4v) is 0.911. The molecular weight excluding hydrogens is 188 g/mol. The molecule has 0 aromatic heterocycles. The Morgan fingerprint density at radius 1 is 0.846 bits per heavy atom. The maximum Gasteiger partial charge on any atom is 0.263 e. The van der Waals surface area contributed by atoms with Gasteiger partial charge in [-0.25, -0.2) is 17.6 Å². The van der Waals surface area contributed by atoms with Crippen LogP contribution in [0.3, 0.4) is 0 Å². The standard InChI is InChI=1S/C8H6F4O/c9-7(10)4-1-5(8(11)12)3-6(13)2-4/h1-3,7-8,13H. The van der Waals surface area contributed by atoms with Crippen LogP contribution in [0, 0.1) is 0 Å². The molecule has 0 saturated heterocycles. The monoisotopic (exact) mass is 194 g/mol. The fraction of sp³-hybridized carbons (Fsp3) is 0.250. The Morgan fingerprint density at radius 3 is 1.54 bits per heavy atom. The number of rotatable bonds is 2. The highest BCUT2D eigenvalue weighted by Gasteiger charge is 2.14. The third-order valence-electron chi connectivity index (χ3n) is 1.47. The number of benzene rings is 1. The molecule has 0 saturated carbocycles. The van der Waals surface area contributed by atoms with Crippen LogP contribution >= 0.6 is 0 Å². The Kier molecular flexibility index (Phi) is 2.75. The lowest BCUT2D eigenvalue weighted by molar-refractivity contribution is 0.143. The Labute approximate surface area is 71.6 Å². The van der Waals surface area contributed by atoms with Crippen LogP contribution in [0.5, 0.6) is 5.75 Å². The average molecular weight is 194 g/mol. The average Bonchev–Trinajstić information content (AvgIpc) is 2.03. The van der Waals surface area contributed by atoms with Gasteiger partial charge in [0, 0.05) is 11.1 Å². The summed E-state index contributed by atoms with van der Waals surface area (Å²) in [5.74, 6) is -0.576. The first-order chi connectivity index (χ1) is 6.00. The molecule has 1 aromatic rings. The zero-order valence-corrected chi connectivity index (χ0v) is 6.35. The van der Waals surface area contributed by atoms with Gasteiger partial charge in [0.2, 0.25) is 0 Å². The summed E-state index contributed by atoms with van der Waals surface area (Å²) in [5, 5.41) is 8.82. The van der Waals surface area contributed by atoms with Gasteiger partial charge in [0.15, 0.2) is 0 Å². The molecule has 0 aliphatic carbocycles. The molecule has 0 bridgehead atoms. The molecule has 1 N–H and O–H groups in total. The summed E-state index contributed by atoms with van der Waals surface area (Å²) in [7, 11) is 0. The molecule has 0 radical (unpaired) electrons. The van der Waals surface area contributed by atoms with E-state index in [1.165, 1.54) is 0 Å². The van der Waals surface area contributed by atoms with E-state index in [2.05, 4.69) is 0 Å². The van der Waals surface area contributed by atoms with Gasteiger partial charge in [0.25, 0.3) is 12.9 Å². The molecule has 0 aliphatic heterocycles. The first kappa shape index (κ1) is 9.83. The minimum atomic E-state index is -2.86. The zero-order chi connectivity index (χ0) is 10.0. The van der Waals surface area contributed by atoms with Crippen LogP contribution in [0.25, 0.3) is 0 Å². The topological polar surface area (TPSA) is 20.2 Å². The van der Waals surface area contributed by atoms with Crippen LogP contribution in [0.4, 0.5) is 17.6 Å². The molecule has 1 rings (SSSR count). The van der Waals surface area contributed by atoms with Crippen LogP contribution in [0.2, 0.25) is 0 Å². The minimum Gasteiger partial charge on any atom is -0.508 e. The summed E-state index contributed by atoms with van der Waals surface area (Å²) in [6.45, 7) is 0. The van der Waals surface area contributed by atoms with Crippen molar-refractivity contribution >= 4 is 0 Å². The van der Waals surface area contributed by atoms with E-state index in [-0.39, 0.29) is 0 Å². The molecule has 13 heavy (non-hydrogen) atoms. The van der Waals surface area contributed by atoms with E-state index in [1.807, 2.05) is 0 Å². The highest BCUT2D eigenvalue weighted by Crippen LogP contribution is 2.29. The van der Waals surface area contributed by atoms with Crippen LogP contribution in [0.15, 0.2) is 18.2 Å². The molecular formula is C8H6F4O. The molecule has 5 heteroatoms. The van der Waals surface area contributed by atoms with Gasteiger partial charge in [0.1, 0.15) is 5.75 Å². The quantitative estimate of drug-likeness (QED) is 0.716. The smallest absolute Gasteiger partial charge is 0.263 e. The number of aromatic hydroxyl groups is 1. The molecule has 0 heterocycles. The van der Waals surface area contributed by atoms with E-state index in [1.54, 1.807) is 0 Å². The summed E-state index contributed by atoms with van der Waals surface area (Å²) < 4.78 is 48.1. The first-order valence-electron chi connectivity index (χ1n) is 3.41. The SMILES string of the molecule is Oc1cc(C(F)F)cc(C(F)F)c1. The Hall–Kier alpha value is -1.26. The lowest BCUT2D eigenvalue weighted by atomic mass is 10.1. The third-order valence-corrected chi connectivity index (χ3v) is 1.47. The van der Waals surface area contributed by atoms with E-state index in [0.717, 1.165) is 12.1 Å². The molecule has 0 atom stereocenters. The summed E-state index contributed by atoms with van der Waals surface area (Å²) >= 11 is 0. The van der Waals surface area contributed by atoms with Crippen molar-refractivity contribution in [1.29, 1.82) is 0 Å². The van der Waals surface area contributed by atoms with Crippen LogP contribution in [-0.4, -0.2) is 5.11 Å². The maximum atomic E-state index is 12.0. The van der Waals surface area contributed by atoms with Gasteiger partial charge in [-0.3, -0.25) is 0 Å². The van der Waals surface area contributed by atoms with Crippen LogP contribution in [0.1, 0.15) is 24.0 Å². The molecule has 0 spiro atoms. The predicted molar refractivity (Wildman–Crippen MR) is 38.0 cm³/mol. The highest BCUT2D eigenvalue weighted by molar-refractivity contribution is 5.34. The predicted octanol–water partition coefficient (Wildman–Crippen LogP) is 3.27. The van der Waals surface area contributed by atoms with Gasteiger partial charge in [-0.2, -0.15) is 0 Å². The van der Waals surface area contributed by atoms with Crippen LogP contribution in [-0.2, 0) is 0 Å². The summed E-state index contributed by atoms with van der Waals surface area (Å²) in [5.41, 5.74) is -1.20. The number of hydrogen-bond donors (Lipinski definition) is 1. The minimum absolute atomic E-state index is 0.576. The van der Waals surface area contributed by atoms with Gasteiger partial charge in [0.05, 0.1) is 0 Å². The largest absolute Gasteiger partial charge is 0.508 e. The Balaban J connectivity index is 3.11. The van der Waals surface area contributed by atoms with E-state index in [0.29, 0.717) is 6.07 Å². The summed E-state index contributed by atoms with van der Waals surface area (Å²) in [4.78, 5) is 0. The summed E-state index contributed by atoms with van der Waals surface area (Å²) in [6.07, 6.45) is -5.71. The zero-order valence-electron chi connectivity index (χ0n) is 6.35. The van der Waals surface area contributed by atoms with Crippen molar-refractivity contribution in [3.8, 4) is 5.75 Å². The van der Waals surface area contributed by atoms with Crippen molar-refractivity contribution in [3.05, 3.63) is 29.3 Å². The van der Waals surface area contributed by atoms with Gasteiger partial charge < -0.3 is 5.11 Å². The molecule has 0 fully saturated rings. The molecule has 0 unspecified atom stereocenters. The molecule has 1 aromatic carbocycles. The van der Waals surface area contributed by atoms with Crippen molar-refractivity contribution in [3.63, 3.8) is 0 Å². The van der Waals surface area contributed by atoms with Gasteiger partial charge in [-0.1, -0.05) is 0 Å². The van der Waals surface area contributed by atoms with E-state index < -0.39 is 29.7 Å². The molecule has 1 nitrogen and oxygen atoms in total. The van der Waals surface area contributed by atoms with E-state index >= 15 is 0 Å². The van der Waals surface area contributed by atoms with E-state index in [4.69, 9.17) is 5.11 Å². The summed E-state index contributed by atoms with van der Waals surface area (Å²) in [6, 6.07) is 2.20. The number of hydrogen-bond acceptors (Lipinski definition) is 1. The first-order valence-corrected chi connectivity index (χ1v) is 3.41. The highest BCUT2D eigenvalue weighted by atomic mass is 19.3. The molecule has 0 amide bonds. The second-order valence-electron chi connectivity index (χ2n) is 2.46. The number of phenols is 1. The van der Waals surface area contributed by atoms with Crippen molar-refractivity contribution in [2.24, 2.45) is 0 Å². The second kappa shape index (κ2) is 3.64. The van der Waals surface area contributed by atoms with Crippen molar-refractivity contribution in [2.75, 3.05) is 0 Å². The lowest BCUT2D eigenvalue weighted by Crippen LogP contribution is -1.89. The normalized spacial score (nSPS) is 11.2. The third kappa shape index (κ3) is 2.34. The Morgan fingerprint density at radius 2 is 1.23 bits per heavy atom. The van der Waals surface area contributed by atoms with Crippen molar-refractivity contribution < 1.29 is 22.7 Å². The van der Waals surface area contributed by atoms with Gasteiger partial charge >= 0.3 is 0 Å². The number of phenolic OH excluding ortho intramolecular Hbond substituents is 1. The molecule has 0 aliphatic rings. The van der Waals surface area contributed by atoms with Gasteiger partial charge in [-0.15, -0.1) is 0 Å². The van der Waals surface area contributed by atoms with Gasteiger partial charge in [-0.05, 0) is 18.2 Å². The fourth-order valence-electron chi connectivity index (χ4n) is 0.911. The van der Waals surface area contributed by atoms with Crippen molar-refractivity contribution in [2.45, 2.75) is 12.9 Å². The van der Waals surface area contributed by atoms with Crippen LogP contribution < -0.4 is 0 Å². The Bertz CT molecular complexity index is 272. The number of halogens is 4. The maximum absolute atomic E-state index is 12.0. The lowest BCUT2D eigenvalue weighted by Gasteiger charge is -2.04. The van der Waals surface area contributed by atoms with E-state index in [9.17, 15) is 17.6 Å². The molecule has 72 valence electrons. The second-order valence-corrected chi connectivity index (χ2v) is 2.46. The number of alkyl halides is 4. The van der Waals surface area contributed by atoms with Crippen molar-refractivity contribution in [1.82, 2.24) is 0 Å².